The Balaban J connectivity index is 2.00. The molecule has 6 heteroatoms. The zero-order valence-electron chi connectivity index (χ0n) is 14.0. The van der Waals surface area contributed by atoms with Crippen molar-refractivity contribution in [3.05, 3.63) is 11.7 Å². The number of aromatic nitrogens is 2. The Morgan fingerprint density at radius 3 is 2.57 bits per heavy atom. The first-order chi connectivity index (χ1) is 9.78. The molecule has 2 heterocycles. The number of nitrogens with zero attached hydrogens (tertiary/aromatic N) is 4. The van der Waals surface area contributed by atoms with E-state index >= 15 is 0 Å². The van der Waals surface area contributed by atoms with E-state index in [1.807, 2.05) is 6.92 Å². The van der Waals surface area contributed by atoms with Crippen LogP contribution in [0.25, 0.3) is 0 Å². The van der Waals surface area contributed by atoms with Crippen molar-refractivity contribution < 1.29 is 4.52 Å². The molecule has 0 aromatic carbocycles. The van der Waals surface area contributed by atoms with Crippen LogP contribution in [0.3, 0.4) is 0 Å². The second-order valence-corrected chi connectivity index (χ2v) is 6.75. The number of hydrogen-bond acceptors (Lipinski definition) is 4. The maximum atomic E-state index is 5.12. The smallest absolute Gasteiger partial charge is 0.228 e. The van der Waals surface area contributed by atoms with Gasteiger partial charge in [-0.3, -0.25) is 4.99 Å². The molecule has 118 valence electrons. The number of likely N-dealkylation sites (tertiary alicyclic amines) is 1. The van der Waals surface area contributed by atoms with Gasteiger partial charge in [-0.25, -0.2) is 0 Å². The molecule has 6 nitrogen and oxygen atoms in total. The number of guanidine groups is 1. The van der Waals surface area contributed by atoms with Gasteiger partial charge in [0.25, 0.3) is 0 Å². The molecule has 0 bridgehead atoms. The SMILES string of the molecule is CCNC(=NCCc1nc(C)no1)N1CC(C)(C)C1(C)C. The Morgan fingerprint density at radius 1 is 1.38 bits per heavy atom. The molecule has 1 fully saturated rings. The molecule has 1 saturated heterocycles. The number of rotatable bonds is 4. The largest absolute Gasteiger partial charge is 0.356 e. The standard InChI is InChI=1S/C15H27N5O/c1-7-16-13(20-10-14(3,4)15(20,5)6)17-9-8-12-18-11(2)19-21-12/h7-10H2,1-6H3,(H,16,17). The lowest BCUT2D eigenvalue weighted by Gasteiger charge is -2.62. The van der Waals surface area contributed by atoms with Gasteiger partial charge >= 0.3 is 0 Å². The molecule has 0 saturated carbocycles. The lowest BCUT2D eigenvalue weighted by atomic mass is 9.65. The summed E-state index contributed by atoms with van der Waals surface area (Å²) >= 11 is 0. The predicted octanol–water partition coefficient (Wildman–Crippen LogP) is 2.01. The highest BCUT2D eigenvalue weighted by Gasteiger charge is 2.53. The molecule has 0 amide bonds. The zero-order chi connectivity index (χ0) is 15.7. The second kappa shape index (κ2) is 5.66. The summed E-state index contributed by atoms with van der Waals surface area (Å²) in [6.45, 7) is 15.6. The highest BCUT2D eigenvalue weighted by molar-refractivity contribution is 5.82. The number of nitrogens with one attached hydrogen (secondary N) is 1. The Bertz CT molecular complexity index is 518. The molecule has 0 radical (unpaired) electrons. The highest BCUT2D eigenvalue weighted by Crippen LogP contribution is 2.46. The van der Waals surface area contributed by atoms with Crippen LogP contribution in [0.2, 0.25) is 0 Å². The highest BCUT2D eigenvalue weighted by atomic mass is 16.5. The van der Waals surface area contributed by atoms with E-state index in [1.165, 1.54) is 0 Å². The lowest BCUT2D eigenvalue weighted by Crippen LogP contribution is -2.72. The van der Waals surface area contributed by atoms with Crippen LogP contribution < -0.4 is 5.32 Å². The summed E-state index contributed by atoms with van der Waals surface area (Å²) in [5, 5.41) is 7.17. The summed E-state index contributed by atoms with van der Waals surface area (Å²) < 4.78 is 5.12. The maximum Gasteiger partial charge on any atom is 0.228 e. The summed E-state index contributed by atoms with van der Waals surface area (Å²) in [6.07, 6.45) is 0.674. The van der Waals surface area contributed by atoms with Crippen molar-refractivity contribution in [3.63, 3.8) is 0 Å². The fourth-order valence-electron chi connectivity index (χ4n) is 2.49. The summed E-state index contributed by atoms with van der Waals surface area (Å²) in [5.74, 6) is 2.29. The summed E-state index contributed by atoms with van der Waals surface area (Å²) in [4.78, 5) is 11.3. The van der Waals surface area contributed by atoms with E-state index < -0.39 is 0 Å². The minimum Gasteiger partial charge on any atom is -0.356 e. The van der Waals surface area contributed by atoms with E-state index in [2.05, 4.69) is 55.0 Å². The Kier molecular flexibility index (Phi) is 4.25. The van der Waals surface area contributed by atoms with Crippen molar-refractivity contribution >= 4 is 5.96 Å². The van der Waals surface area contributed by atoms with E-state index in [0.717, 1.165) is 19.0 Å². The van der Waals surface area contributed by atoms with Crippen molar-refractivity contribution in [2.75, 3.05) is 19.6 Å². The second-order valence-electron chi connectivity index (χ2n) is 6.75. The third kappa shape index (κ3) is 3.04. The summed E-state index contributed by atoms with van der Waals surface area (Å²) in [7, 11) is 0. The first-order valence-corrected chi connectivity index (χ1v) is 7.63. The van der Waals surface area contributed by atoms with Gasteiger partial charge in [0.05, 0.1) is 6.54 Å². The minimum atomic E-state index is 0.106. The molecule has 0 atom stereocenters. The molecule has 1 aromatic heterocycles. The van der Waals surface area contributed by atoms with Crippen molar-refractivity contribution in [2.24, 2.45) is 10.4 Å². The number of hydrogen-bond donors (Lipinski definition) is 1. The van der Waals surface area contributed by atoms with Crippen LogP contribution in [0.1, 0.15) is 46.3 Å². The summed E-state index contributed by atoms with van der Waals surface area (Å²) in [6, 6.07) is 0. The van der Waals surface area contributed by atoms with Crippen molar-refractivity contribution in [2.45, 2.75) is 53.5 Å². The van der Waals surface area contributed by atoms with E-state index in [4.69, 9.17) is 9.52 Å². The third-order valence-electron chi connectivity index (χ3n) is 4.63. The molecule has 21 heavy (non-hydrogen) atoms. The Hall–Kier alpha value is -1.59. The topological polar surface area (TPSA) is 66.5 Å². The summed E-state index contributed by atoms with van der Waals surface area (Å²) in [5.41, 5.74) is 0.405. The van der Waals surface area contributed by atoms with Gasteiger partial charge in [-0.05, 0) is 27.7 Å². The number of aliphatic imine (C=N–C) groups is 1. The molecule has 1 aliphatic heterocycles. The van der Waals surface area contributed by atoms with Gasteiger partial charge in [-0.15, -0.1) is 0 Å². The fourth-order valence-corrected chi connectivity index (χ4v) is 2.49. The van der Waals surface area contributed by atoms with Gasteiger partial charge in [0.1, 0.15) is 0 Å². The molecule has 0 aliphatic carbocycles. The third-order valence-corrected chi connectivity index (χ3v) is 4.63. The van der Waals surface area contributed by atoms with Gasteiger partial charge in [0.2, 0.25) is 5.89 Å². The monoisotopic (exact) mass is 293 g/mol. The lowest BCUT2D eigenvalue weighted by molar-refractivity contribution is -0.0667. The fraction of sp³-hybridized carbons (Fsp3) is 0.800. The van der Waals surface area contributed by atoms with E-state index in [1.54, 1.807) is 0 Å². The predicted molar refractivity (Wildman–Crippen MR) is 83.3 cm³/mol. The van der Waals surface area contributed by atoms with E-state index in [9.17, 15) is 0 Å². The van der Waals surface area contributed by atoms with Crippen LogP contribution in [-0.4, -0.2) is 46.2 Å². The van der Waals surface area contributed by atoms with Crippen LogP contribution in [0.4, 0.5) is 0 Å². The van der Waals surface area contributed by atoms with E-state index in [0.29, 0.717) is 30.1 Å². The van der Waals surface area contributed by atoms with Crippen molar-refractivity contribution in [1.29, 1.82) is 0 Å². The first-order valence-electron chi connectivity index (χ1n) is 7.63. The van der Waals surface area contributed by atoms with Gasteiger partial charge < -0.3 is 14.7 Å². The van der Waals surface area contributed by atoms with Crippen LogP contribution in [-0.2, 0) is 6.42 Å². The Morgan fingerprint density at radius 2 is 2.10 bits per heavy atom. The van der Waals surface area contributed by atoms with Crippen LogP contribution in [0, 0.1) is 12.3 Å². The molecular weight excluding hydrogens is 266 g/mol. The number of aryl methyl sites for hydroxylation is 1. The molecule has 0 unspecified atom stereocenters. The minimum absolute atomic E-state index is 0.106. The molecule has 2 rings (SSSR count). The maximum absolute atomic E-state index is 5.12. The Labute approximate surface area is 127 Å². The first kappa shape index (κ1) is 15.8. The van der Waals surface area contributed by atoms with Crippen LogP contribution >= 0.6 is 0 Å². The van der Waals surface area contributed by atoms with Gasteiger partial charge in [0, 0.05) is 30.5 Å². The normalized spacial score (nSPS) is 20.3. The van der Waals surface area contributed by atoms with Gasteiger partial charge in [-0.2, -0.15) is 4.98 Å². The van der Waals surface area contributed by atoms with Crippen LogP contribution in [0.5, 0.6) is 0 Å². The van der Waals surface area contributed by atoms with Crippen molar-refractivity contribution in [3.8, 4) is 0 Å². The average molecular weight is 293 g/mol. The molecule has 0 spiro atoms. The van der Waals surface area contributed by atoms with E-state index in [-0.39, 0.29) is 5.54 Å². The molecular formula is C15H27N5O. The average Bonchev–Trinajstić information content (AvgIpc) is 2.81. The van der Waals surface area contributed by atoms with Crippen molar-refractivity contribution in [1.82, 2.24) is 20.4 Å². The van der Waals surface area contributed by atoms with Gasteiger partial charge in [-0.1, -0.05) is 19.0 Å². The molecule has 1 N–H and O–H groups in total. The molecule has 1 aliphatic rings. The van der Waals surface area contributed by atoms with Crippen LogP contribution in [0.15, 0.2) is 9.52 Å². The quantitative estimate of drug-likeness (QED) is 0.679. The van der Waals surface area contributed by atoms with Gasteiger partial charge in [0.15, 0.2) is 11.8 Å². The zero-order valence-corrected chi connectivity index (χ0v) is 14.0. The molecule has 1 aromatic rings.